The Bertz CT molecular complexity index is 1100. The minimum atomic E-state index is -0.534. The monoisotopic (exact) mass is 411 g/mol. The van der Waals surface area contributed by atoms with Gasteiger partial charge in [-0.1, -0.05) is 12.1 Å². The van der Waals surface area contributed by atoms with E-state index >= 15 is 0 Å². The van der Waals surface area contributed by atoms with Crippen LogP contribution in [-0.2, 0) is 11.3 Å². The molecular formula is C23H22FNO5. The molecule has 156 valence electrons. The van der Waals surface area contributed by atoms with E-state index in [9.17, 15) is 14.0 Å². The van der Waals surface area contributed by atoms with Gasteiger partial charge < -0.3 is 18.8 Å². The van der Waals surface area contributed by atoms with Crippen LogP contribution in [0.25, 0.3) is 11.0 Å². The maximum atomic E-state index is 13.4. The molecule has 1 atom stereocenters. The van der Waals surface area contributed by atoms with E-state index < -0.39 is 17.2 Å². The predicted octanol–water partition coefficient (Wildman–Crippen LogP) is 3.76. The van der Waals surface area contributed by atoms with Gasteiger partial charge in [0.1, 0.15) is 17.1 Å². The summed E-state index contributed by atoms with van der Waals surface area (Å²) in [7, 11) is 1.59. The molecule has 4 rings (SSSR count). The molecule has 0 radical (unpaired) electrons. The zero-order valence-electron chi connectivity index (χ0n) is 16.6. The van der Waals surface area contributed by atoms with Crippen LogP contribution in [0.5, 0.6) is 5.75 Å². The molecule has 2 heterocycles. The van der Waals surface area contributed by atoms with Gasteiger partial charge in [0, 0.05) is 25.8 Å². The van der Waals surface area contributed by atoms with E-state index in [2.05, 4.69) is 0 Å². The third kappa shape index (κ3) is 4.36. The number of hydrogen-bond donors (Lipinski definition) is 0. The minimum absolute atomic E-state index is 0.0616. The van der Waals surface area contributed by atoms with Crippen molar-refractivity contribution >= 4 is 16.9 Å². The highest BCUT2D eigenvalue weighted by atomic mass is 19.1. The van der Waals surface area contributed by atoms with Gasteiger partial charge in [0.05, 0.1) is 18.6 Å². The van der Waals surface area contributed by atoms with E-state index in [1.165, 1.54) is 12.1 Å². The van der Waals surface area contributed by atoms with Crippen LogP contribution in [0.2, 0.25) is 0 Å². The van der Waals surface area contributed by atoms with Crippen molar-refractivity contribution in [1.29, 1.82) is 0 Å². The molecule has 0 bridgehead atoms. The Labute approximate surface area is 172 Å². The summed E-state index contributed by atoms with van der Waals surface area (Å²) in [6.45, 7) is 1.38. The summed E-state index contributed by atoms with van der Waals surface area (Å²) >= 11 is 0. The smallest absolute Gasteiger partial charge is 0.290 e. The molecule has 0 spiro atoms. The Morgan fingerprint density at radius 2 is 2.00 bits per heavy atom. The van der Waals surface area contributed by atoms with E-state index in [1.54, 1.807) is 12.0 Å². The maximum Gasteiger partial charge on any atom is 0.290 e. The second kappa shape index (κ2) is 8.67. The van der Waals surface area contributed by atoms with Crippen LogP contribution in [0.3, 0.4) is 0 Å². The number of ether oxygens (including phenoxy) is 2. The van der Waals surface area contributed by atoms with E-state index in [0.717, 1.165) is 36.3 Å². The molecule has 0 saturated carbocycles. The average molecular weight is 411 g/mol. The molecule has 1 fully saturated rings. The lowest BCUT2D eigenvalue weighted by atomic mass is 10.1. The highest BCUT2D eigenvalue weighted by molar-refractivity contribution is 5.93. The number of carbonyl (C=O) groups excluding carboxylic acids is 1. The van der Waals surface area contributed by atoms with Crippen LogP contribution in [-0.4, -0.2) is 37.2 Å². The quantitative estimate of drug-likeness (QED) is 0.618. The SMILES string of the molecule is COc1ccc(CN(C[C@H]2CCCO2)C(=O)c2cc(=O)c3cc(F)ccc3o2)cc1. The van der Waals surface area contributed by atoms with Crippen LogP contribution in [0.1, 0.15) is 29.0 Å². The molecule has 1 aliphatic heterocycles. The lowest BCUT2D eigenvalue weighted by molar-refractivity contribution is 0.0484. The van der Waals surface area contributed by atoms with E-state index in [-0.39, 0.29) is 22.8 Å². The number of amides is 1. The standard InChI is InChI=1S/C23H22FNO5/c1-28-17-7-4-15(5-8-17)13-25(14-18-3-2-10-29-18)23(27)22-12-20(26)19-11-16(24)6-9-21(19)30-22/h4-9,11-12,18H,2-3,10,13-14H2,1H3/t18-/m1/s1. The number of fused-ring (bicyclic) bond motifs is 1. The molecule has 7 heteroatoms. The van der Waals surface area contributed by atoms with Crippen LogP contribution >= 0.6 is 0 Å². The topological polar surface area (TPSA) is 69.0 Å². The number of methoxy groups -OCH3 is 1. The Hall–Kier alpha value is -3.19. The molecule has 1 amide bonds. The summed E-state index contributed by atoms with van der Waals surface area (Å²) < 4.78 is 30.0. The second-order valence-corrected chi connectivity index (χ2v) is 7.28. The summed E-state index contributed by atoms with van der Waals surface area (Å²) in [5, 5.41) is 0.104. The number of carbonyl (C=O) groups is 1. The van der Waals surface area contributed by atoms with Crippen molar-refractivity contribution in [3.8, 4) is 5.75 Å². The number of halogens is 1. The maximum absolute atomic E-state index is 13.4. The Morgan fingerprint density at radius 1 is 1.20 bits per heavy atom. The number of rotatable bonds is 6. The Kier molecular flexibility index (Phi) is 5.81. The van der Waals surface area contributed by atoms with Crippen molar-refractivity contribution in [2.75, 3.05) is 20.3 Å². The fourth-order valence-corrected chi connectivity index (χ4v) is 3.59. The van der Waals surface area contributed by atoms with Gasteiger partial charge in [0.15, 0.2) is 11.2 Å². The molecular weight excluding hydrogens is 389 g/mol. The zero-order valence-corrected chi connectivity index (χ0v) is 16.6. The first-order valence-corrected chi connectivity index (χ1v) is 9.81. The predicted molar refractivity (Wildman–Crippen MR) is 109 cm³/mol. The van der Waals surface area contributed by atoms with E-state index in [1.807, 2.05) is 24.3 Å². The van der Waals surface area contributed by atoms with Gasteiger partial charge in [-0.2, -0.15) is 0 Å². The first-order valence-electron chi connectivity index (χ1n) is 9.81. The van der Waals surface area contributed by atoms with Gasteiger partial charge in [0.25, 0.3) is 5.91 Å². The van der Waals surface area contributed by atoms with E-state index in [4.69, 9.17) is 13.9 Å². The zero-order chi connectivity index (χ0) is 21.1. The molecule has 1 saturated heterocycles. The van der Waals surface area contributed by atoms with Gasteiger partial charge in [-0.15, -0.1) is 0 Å². The van der Waals surface area contributed by atoms with Crippen LogP contribution in [0.4, 0.5) is 4.39 Å². The molecule has 0 unspecified atom stereocenters. The van der Waals surface area contributed by atoms with Crippen molar-refractivity contribution in [2.24, 2.45) is 0 Å². The van der Waals surface area contributed by atoms with Gasteiger partial charge in [-0.05, 0) is 48.7 Å². The minimum Gasteiger partial charge on any atom is -0.497 e. The Balaban J connectivity index is 1.64. The summed E-state index contributed by atoms with van der Waals surface area (Å²) in [6, 6.07) is 12.2. The molecule has 2 aromatic carbocycles. The normalized spacial score (nSPS) is 16.0. The summed E-state index contributed by atoms with van der Waals surface area (Å²) in [5.41, 5.74) is 0.627. The lowest BCUT2D eigenvalue weighted by Gasteiger charge is -2.25. The fourth-order valence-electron chi connectivity index (χ4n) is 3.59. The van der Waals surface area contributed by atoms with Crippen LogP contribution in [0.15, 0.2) is 57.7 Å². The van der Waals surface area contributed by atoms with Gasteiger partial charge in [-0.3, -0.25) is 9.59 Å². The number of nitrogens with zero attached hydrogens (tertiary/aromatic N) is 1. The third-order valence-electron chi connectivity index (χ3n) is 5.17. The first kappa shape index (κ1) is 20.1. The molecule has 1 aromatic heterocycles. The van der Waals surface area contributed by atoms with Gasteiger partial charge in [0.2, 0.25) is 0 Å². The lowest BCUT2D eigenvalue weighted by Crippen LogP contribution is -2.37. The molecule has 1 aliphatic rings. The van der Waals surface area contributed by atoms with Crippen LogP contribution < -0.4 is 10.2 Å². The van der Waals surface area contributed by atoms with Crippen molar-refractivity contribution < 1.29 is 23.1 Å². The van der Waals surface area contributed by atoms with Crippen molar-refractivity contribution in [1.82, 2.24) is 4.90 Å². The van der Waals surface area contributed by atoms with Gasteiger partial charge >= 0.3 is 0 Å². The van der Waals surface area contributed by atoms with E-state index in [0.29, 0.717) is 19.7 Å². The third-order valence-corrected chi connectivity index (χ3v) is 5.17. The van der Waals surface area contributed by atoms with Crippen molar-refractivity contribution in [3.63, 3.8) is 0 Å². The van der Waals surface area contributed by atoms with Crippen molar-refractivity contribution in [2.45, 2.75) is 25.5 Å². The summed E-state index contributed by atoms with van der Waals surface area (Å²) in [4.78, 5) is 27.3. The van der Waals surface area contributed by atoms with Crippen LogP contribution in [0, 0.1) is 5.82 Å². The average Bonchev–Trinajstić information content (AvgIpc) is 3.27. The molecule has 0 aliphatic carbocycles. The molecule has 3 aromatic rings. The molecule has 0 N–H and O–H groups in total. The fraction of sp³-hybridized carbons (Fsp3) is 0.304. The second-order valence-electron chi connectivity index (χ2n) is 7.28. The molecule has 6 nitrogen and oxygen atoms in total. The summed E-state index contributed by atoms with van der Waals surface area (Å²) in [6.07, 6.45) is 1.76. The first-order chi connectivity index (χ1) is 14.5. The van der Waals surface area contributed by atoms with Gasteiger partial charge in [-0.25, -0.2) is 4.39 Å². The number of hydrogen-bond acceptors (Lipinski definition) is 5. The Morgan fingerprint density at radius 3 is 2.70 bits per heavy atom. The summed E-state index contributed by atoms with van der Waals surface area (Å²) in [5.74, 6) is -0.299. The highest BCUT2D eigenvalue weighted by Gasteiger charge is 2.26. The highest BCUT2D eigenvalue weighted by Crippen LogP contribution is 2.20. The molecule has 30 heavy (non-hydrogen) atoms. The number of benzene rings is 2. The van der Waals surface area contributed by atoms with Crippen molar-refractivity contribution in [3.05, 3.63) is 75.9 Å². The largest absolute Gasteiger partial charge is 0.497 e.